The van der Waals surface area contributed by atoms with E-state index in [0.29, 0.717) is 0 Å². The van der Waals surface area contributed by atoms with Crippen LogP contribution < -0.4 is 0 Å². The third-order valence-electron chi connectivity index (χ3n) is 3.27. The minimum absolute atomic E-state index is 0.798. The molecule has 1 aromatic rings. The van der Waals surface area contributed by atoms with Crippen molar-refractivity contribution in [2.45, 2.75) is 25.7 Å². The third-order valence-corrected chi connectivity index (χ3v) is 3.27. The summed E-state index contributed by atoms with van der Waals surface area (Å²) in [6, 6.07) is 9.05. The van der Waals surface area contributed by atoms with Gasteiger partial charge in [0, 0.05) is 0 Å². The SMILES string of the molecule is Cc1ccc(C2CCN(C)CC2)cc1. The predicted octanol–water partition coefficient (Wildman–Crippen LogP) is 2.80. The maximum Gasteiger partial charge on any atom is -0.00159 e. The topological polar surface area (TPSA) is 3.24 Å². The van der Waals surface area contributed by atoms with E-state index in [1.165, 1.54) is 37.1 Å². The lowest BCUT2D eigenvalue weighted by Gasteiger charge is -2.29. The average molecular weight is 189 g/mol. The molecule has 1 aromatic carbocycles. The van der Waals surface area contributed by atoms with Crippen LogP contribution in [-0.2, 0) is 0 Å². The molecule has 0 saturated carbocycles. The zero-order chi connectivity index (χ0) is 9.97. The van der Waals surface area contributed by atoms with Crippen LogP contribution in [0.4, 0.5) is 0 Å². The second-order valence-electron chi connectivity index (χ2n) is 4.49. The van der Waals surface area contributed by atoms with Crippen LogP contribution in [0.2, 0.25) is 0 Å². The van der Waals surface area contributed by atoms with Gasteiger partial charge in [0.2, 0.25) is 0 Å². The number of piperidine rings is 1. The van der Waals surface area contributed by atoms with E-state index in [4.69, 9.17) is 0 Å². The van der Waals surface area contributed by atoms with E-state index in [-0.39, 0.29) is 0 Å². The Bertz CT molecular complexity index is 281. The molecule has 0 aromatic heterocycles. The first-order valence-electron chi connectivity index (χ1n) is 5.51. The molecular weight excluding hydrogens is 170 g/mol. The van der Waals surface area contributed by atoms with Crippen molar-refractivity contribution < 1.29 is 0 Å². The molecular formula is C13H19N. The highest BCUT2D eigenvalue weighted by Crippen LogP contribution is 2.27. The standard InChI is InChI=1S/C13H19N/c1-11-3-5-12(6-4-11)13-7-9-14(2)10-8-13/h3-6,13H,7-10H2,1-2H3. The van der Waals surface area contributed by atoms with Gasteiger partial charge in [0.15, 0.2) is 0 Å². The van der Waals surface area contributed by atoms with Crippen molar-refractivity contribution in [2.24, 2.45) is 0 Å². The number of nitrogens with zero attached hydrogens (tertiary/aromatic N) is 1. The lowest BCUT2D eigenvalue weighted by atomic mass is 9.89. The van der Waals surface area contributed by atoms with E-state index in [1.54, 1.807) is 0 Å². The molecule has 1 saturated heterocycles. The summed E-state index contributed by atoms with van der Waals surface area (Å²) in [4.78, 5) is 2.42. The van der Waals surface area contributed by atoms with Gasteiger partial charge in [0.05, 0.1) is 0 Å². The van der Waals surface area contributed by atoms with Crippen LogP contribution >= 0.6 is 0 Å². The molecule has 0 aliphatic carbocycles. The van der Waals surface area contributed by atoms with E-state index < -0.39 is 0 Å². The monoisotopic (exact) mass is 189 g/mol. The van der Waals surface area contributed by atoms with Gasteiger partial charge < -0.3 is 4.90 Å². The molecule has 1 fully saturated rings. The molecule has 0 amide bonds. The Balaban J connectivity index is 2.05. The van der Waals surface area contributed by atoms with Gasteiger partial charge in [0.25, 0.3) is 0 Å². The Kier molecular flexibility index (Phi) is 2.87. The highest BCUT2D eigenvalue weighted by molar-refractivity contribution is 5.24. The maximum atomic E-state index is 2.42. The fourth-order valence-electron chi connectivity index (χ4n) is 2.18. The zero-order valence-electron chi connectivity index (χ0n) is 9.16. The Morgan fingerprint density at radius 1 is 1.07 bits per heavy atom. The van der Waals surface area contributed by atoms with Crippen molar-refractivity contribution in [3.8, 4) is 0 Å². The molecule has 0 bridgehead atoms. The first-order valence-corrected chi connectivity index (χ1v) is 5.51. The molecule has 0 radical (unpaired) electrons. The Morgan fingerprint density at radius 3 is 2.21 bits per heavy atom. The van der Waals surface area contributed by atoms with Gasteiger partial charge in [-0.2, -0.15) is 0 Å². The van der Waals surface area contributed by atoms with E-state index in [9.17, 15) is 0 Å². The summed E-state index contributed by atoms with van der Waals surface area (Å²) in [5, 5.41) is 0. The van der Waals surface area contributed by atoms with Gasteiger partial charge >= 0.3 is 0 Å². The largest absolute Gasteiger partial charge is 0.306 e. The van der Waals surface area contributed by atoms with Gasteiger partial charge in [-0.1, -0.05) is 29.8 Å². The number of hydrogen-bond donors (Lipinski definition) is 0. The lowest BCUT2D eigenvalue weighted by Crippen LogP contribution is -2.29. The van der Waals surface area contributed by atoms with Gasteiger partial charge in [-0.25, -0.2) is 0 Å². The third kappa shape index (κ3) is 2.16. The van der Waals surface area contributed by atoms with E-state index in [1.807, 2.05) is 0 Å². The van der Waals surface area contributed by atoms with Gasteiger partial charge in [-0.15, -0.1) is 0 Å². The summed E-state index contributed by atoms with van der Waals surface area (Å²) in [5.74, 6) is 0.798. The smallest absolute Gasteiger partial charge is 0.00159 e. The Hall–Kier alpha value is -0.820. The molecule has 0 N–H and O–H groups in total. The average Bonchev–Trinajstić information content (AvgIpc) is 2.21. The van der Waals surface area contributed by atoms with Crippen LogP contribution in [0, 0.1) is 6.92 Å². The molecule has 1 heterocycles. The molecule has 0 unspecified atom stereocenters. The fraction of sp³-hybridized carbons (Fsp3) is 0.538. The lowest BCUT2D eigenvalue weighted by molar-refractivity contribution is 0.255. The number of hydrogen-bond acceptors (Lipinski definition) is 1. The van der Waals surface area contributed by atoms with E-state index in [0.717, 1.165) is 5.92 Å². The van der Waals surface area contributed by atoms with Crippen molar-refractivity contribution in [3.05, 3.63) is 35.4 Å². The van der Waals surface area contributed by atoms with Crippen molar-refractivity contribution in [3.63, 3.8) is 0 Å². The highest BCUT2D eigenvalue weighted by atomic mass is 15.1. The normalized spacial score (nSPS) is 19.9. The van der Waals surface area contributed by atoms with E-state index >= 15 is 0 Å². The first kappa shape index (κ1) is 9.72. The van der Waals surface area contributed by atoms with Crippen molar-refractivity contribution >= 4 is 0 Å². The van der Waals surface area contributed by atoms with Crippen molar-refractivity contribution in [2.75, 3.05) is 20.1 Å². The fourth-order valence-corrected chi connectivity index (χ4v) is 2.18. The summed E-state index contributed by atoms with van der Waals surface area (Å²) in [6.45, 7) is 4.65. The molecule has 0 spiro atoms. The molecule has 76 valence electrons. The highest BCUT2D eigenvalue weighted by Gasteiger charge is 2.17. The molecule has 1 nitrogen and oxygen atoms in total. The van der Waals surface area contributed by atoms with Crippen LogP contribution in [0.25, 0.3) is 0 Å². The summed E-state index contributed by atoms with van der Waals surface area (Å²) in [7, 11) is 2.21. The van der Waals surface area contributed by atoms with Gasteiger partial charge in [0.1, 0.15) is 0 Å². The number of aryl methyl sites for hydroxylation is 1. The minimum Gasteiger partial charge on any atom is -0.306 e. The van der Waals surface area contributed by atoms with Crippen LogP contribution in [0.15, 0.2) is 24.3 Å². The Labute approximate surface area is 86.7 Å². The number of benzene rings is 1. The molecule has 2 rings (SSSR count). The van der Waals surface area contributed by atoms with Crippen LogP contribution in [0.1, 0.15) is 29.9 Å². The summed E-state index contributed by atoms with van der Waals surface area (Å²) in [6.07, 6.45) is 2.64. The molecule has 0 atom stereocenters. The summed E-state index contributed by atoms with van der Waals surface area (Å²) in [5.41, 5.74) is 2.89. The van der Waals surface area contributed by atoms with E-state index in [2.05, 4.69) is 43.1 Å². The second kappa shape index (κ2) is 4.14. The van der Waals surface area contributed by atoms with Crippen molar-refractivity contribution in [1.82, 2.24) is 4.90 Å². The molecule has 1 aliphatic rings. The molecule has 1 heteroatoms. The van der Waals surface area contributed by atoms with Gasteiger partial charge in [-0.05, 0) is 51.4 Å². The summed E-state index contributed by atoms with van der Waals surface area (Å²) >= 11 is 0. The summed E-state index contributed by atoms with van der Waals surface area (Å²) < 4.78 is 0. The van der Waals surface area contributed by atoms with Crippen LogP contribution in [0.3, 0.4) is 0 Å². The number of likely N-dealkylation sites (tertiary alicyclic amines) is 1. The first-order chi connectivity index (χ1) is 6.75. The second-order valence-corrected chi connectivity index (χ2v) is 4.49. The Morgan fingerprint density at radius 2 is 1.64 bits per heavy atom. The van der Waals surface area contributed by atoms with Crippen molar-refractivity contribution in [1.29, 1.82) is 0 Å². The molecule has 14 heavy (non-hydrogen) atoms. The number of rotatable bonds is 1. The quantitative estimate of drug-likeness (QED) is 0.656. The predicted molar refractivity (Wildman–Crippen MR) is 60.7 cm³/mol. The zero-order valence-corrected chi connectivity index (χ0v) is 9.16. The molecule has 1 aliphatic heterocycles. The van der Waals surface area contributed by atoms with Gasteiger partial charge in [-0.3, -0.25) is 0 Å². The minimum atomic E-state index is 0.798. The van der Waals surface area contributed by atoms with Crippen LogP contribution in [0.5, 0.6) is 0 Å². The maximum absolute atomic E-state index is 2.42. The van der Waals surface area contributed by atoms with Crippen LogP contribution in [-0.4, -0.2) is 25.0 Å².